The first-order valence-corrected chi connectivity index (χ1v) is 5.82. The first kappa shape index (κ1) is 12.1. The number of carbonyl (C=O) groups is 1. The number of hydrogen-bond acceptors (Lipinski definition) is 5. The zero-order chi connectivity index (χ0) is 14.1. The lowest BCUT2D eigenvalue weighted by molar-refractivity contribution is 0.0697. The molecule has 7 heteroatoms. The van der Waals surface area contributed by atoms with Gasteiger partial charge in [-0.1, -0.05) is 0 Å². The van der Waals surface area contributed by atoms with Crippen LogP contribution in [-0.2, 0) is 0 Å². The largest absolute Gasteiger partial charge is 0.478 e. The van der Waals surface area contributed by atoms with Crippen molar-refractivity contribution in [1.29, 1.82) is 0 Å². The molecule has 3 aromatic rings. The number of benzene rings is 1. The fraction of sp³-hybridized carbons (Fsp3) is 0.0769. The molecule has 100 valence electrons. The Kier molecular flexibility index (Phi) is 2.79. The first-order valence-electron chi connectivity index (χ1n) is 5.82. The third-order valence-corrected chi connectivity index (χ3v) is 2.67. The highest BCUT2D eigenvalue weighted by atomic mass is 16.5. The van der Waals surface area contributed by atoms with Gasteiger partial charge in [0.1, 0.15) is 12.1 Å². The SMILES string of the molecule is Cc1cc(Oc2ccc(C(=O)O)cc2)n2ncnc2n1. The van der Waals surface area contributed by atoms with Gasteiger partial charge in [-0.05, 0) is 31.2 Å². The number of carboxylic acids is 1. The lowest BCUT2D eigenvalue weighted by atomic mass is 10.2. The Morgan fingerprint density at radius 3 is 2.75 bits per heavy atom. The van der Waals surface area contributed by atoms with Gasteiger partial charge >= 0.3 is 5.97 Å². The van der Waals surface area contributed by atoms with Gasteiger partial charge in [0.25, 0.3) is 5.78 Å². The zero-order valence-electron chi connectivity index (χ0n) is 10.5. The van der Waals surface area contributed by atoms with Crippen molar-refractivity contribution < 1.29 is 14.6 Å². The third kappa shape index (κ3) is 2.16. The lowest BCUT2D eigenvalue weighted by Gasteiger charge is -2.07. The monoisotopic (exact) mass is 270 g/mol. The van der Waals surface area contributed by atoms with Gasteiger partial charge in [0, 0.05) is 11.8 Å². The fourth-order valence-corrected chi connectivity index (χ4v) is 1.76. The van der Waals surface area contributed by atoms with Gasteiger partial charge in [0.2, 0.25) is 5.88 Å². The number of aromatic nitrogens is 4. The maximum Gasteiger partial charge on any atom is 0.335 e. The molecule has 0 saturated heterocycles. The minimum Gasteiger partial charge on any atom is -0.478 e. The van der Waals surface area contributed by atoms with Crippen LogP contribution in [0.1, 0.15) is 16.1 Å². The minimum atomic E-state index is -0.977. The molecular formula is C13H10N4O3. The van der Waals surface area contributed by atoms with E-state index in [0.29, 0.717) is 17.4 Å². The quantitative estimate of drug-likeness (QED) is 0.782. The molecule has 1 aromatic carbocycles. The molecule has 0 radical (unpaired) electrons. The van der Waals surface area contributed by atoms with Crippen molar-refractivity contribution in [2.24, 2.45) is 0 Å². The Bertz CT molecular complexity index is 780. The molecule has 0 aliphatic heterocycles. The Hall–Kier alpha value is -2.96. The van der Waals surface area contributed by atoms with Crippen molar-refractivity contribution in [3.8, 4) is 11.6 Å². The molecule has 20 heavy (non-hydrogen) atoms. The highest BCUT2D eigenvalue weighted by Gasteiger charge is 2.08. The molecule has 3 rings (SSSR count). The number of aryl methyl sites for hydroxylation is 1. The summed E-state index contributed by atoms with van der Waals surface area (Å²) in [6, 6.07) is 7.85. The molecular weight excluding hydrogens is 260 g/mol. The maximum absolute atomic E-state index is 10.8. The summed E-state index contributed by atoms with van der Waals surface area (Å²) in [5.74, 6) is 0.447. The van der Waals surface area contributed by atoms with Crippen molar-refractivity contribution in [2.45, 2.75) is 6.92 Å². The summed E-state index contributed by atoms with van der Waals surface area (Å²) in [5, 5.41) is 12.9. The highest BCUT2D eigenvalue weighted by Crippen LogP contribution is 2.22. The van der Waals surface area contributed by atoms with Gasteiger partial charge in [-0.2, -0.15) is 14.6 Å². The summed E-state index contributed by atoms with van der Waals surface area (Å²) < 4.78 is 7.16. The molecule has 1 N–H and O–H groups in total. The molecule has 0 amide bonds. The maximum atomic E-state index is 10.8. The minimum absolute atomic E-state index is 0.203. The van der Waals surface area contributed by atoms with Crippen LogP contribution in [0, 0.1) is 6.92 Å². The normalized spacial score (nSPS) is 10.7. The van der Waals surface area contributed by atoms with E-state index >= 15 is 0 Å². The Morgan fingerprint density at radius 1 is 1.30 bits per heavy atom. The molecule has 0 aliphatic carbocycles. The van der Waals surface area contributed by atoms with Gasteiger partial charge < -0.3 is 9.84 Å². The fourth-order valence-electron chi connectivity index (χ4n) is 1.76. The molecule has 2 heterocycles. The van der Waals surface area contributed by atoms with Gasteiger partial charge in [-0.15, -0.1) is 0 Å². The summed E-state index contributed by atoms with van der Waals surface area (Å²) in [6.07, 6.45) is 1.39. The van der Waals surface area contributed by atoms with Gasteiger partial charge in [0.15, 0.2) is 0 Å². The smallest absolute Gasteiger partial charge is 0.335 e. The predicted molar refractivity (Wildman–Crippen MR) is 69.0 cm³/mol. The lowest BCUT2D eigenvalue weighted by Crippen LogP contribution is -2.00. The third-order valence-electron chi connectivity index (χ3n) is 2.67. The number of fused-ring (bicyclic) bond motifs is 1. The van der Waals surface area contributed by atoms with E-state index in [1.165, 1.54) is 23.0 Å². The van der Waals surface area contributed by atoms with Crippen molar-refractivity contribution in [1.82, 2.24) is 19.6 Å². The van der Waals surface area contributed by atoms with Crippen LogP contribution < -0.4 is 4.74 Å². The summed E-state index contributed by atoms with van der Waals surface area (Å²) in [7, 11) is 0. The molecule has 0 aliphatic rings. The summed E-state index contributed by atoms with van der Waals surface area (Å²) >= 11 is 0. The average Bonchev–Trinajstić information content (AvgIpc) is 2.87. The van der Waals surface area contributed by atoms with Crippen LogP contribution in [0.2, 0.25) is 0 Å². The van der Waals surface area contributed by atoms with E-state index in [-0.39, 0.29) is 5.56 Å². The molecule has 2 aromatic heterocycles. The number of hydrogen-bond donors (Lipinski definition) is 1. The van der Waals surface area contributed by atoms with Crippen LogP contribution in [0.25, 0.3) is 5.78 Å². The van der Waals surface area contributed by atoms with Crippen LogP contribution in [0.4, 0.5) is 0 Å². The Balaban J connectivity index is 1.96. The highest BCUT2D eigenvalue weighted by molar-refractivity contribution is 5.87. The van der Waals surface area contributed by atoms with Crippen LogP contribution in [0.3, 0.4) is 0 Å². The molecule has 7 nitrogen and oxygen atoms in total. The van der Waals surface area contributed by atoms with Crippen molar-refractivity contribution in [2.75, 3.05) is 0 Å². The topological polar surface area (TPSA) is 89.6 Å². The van der Waals surface area contributed by atoms with E-state index in [0.717, 1.165) is 5.69 Å². The number of nitrogens with zero attached hydrogens (tertiary/aromatic N) is 4. The van der Waals surface area contributed by atoms with E-state index in [4.69, 9.17) is 9.84 Å². The second-order valence-corrected chi connectivity index (χ2v) is 4.14. The van der Waals surface area contributed by atoms with Crippen molar-refractivity contribution in [3.63, 3.8) is 0 Å². The van der Waals surface area contributed by atoms with Crippen LogP contribution in [0.15, 0.2) is 36.7 Å². The molecule has 0 fully saturated rings. The van der Waals surface area contributed by atoms with Crippen molar-refractivity contribution in [3.05, 3.63) is 47.9 Å². The number of aromatic carboxylic acids is 1. The van der Waals surface area contributed by atoms with Gasteiger partial charge in [-0.25, -0.2) is 9.78 Å². The standard InChI is InChI=1S/C13H10N4O3/c1-8-6-11(17-13(16-8)14-7-15-17)20-10-4-2-9(3-5-10)12(18)19/h2-7H,1H3,(H,18,19). The summed E-state index contributed by atoms with van der Waals surface area (Å²) in [5.41, 5.74) is 0.955. The zero-order valence-corrected chi connectivity index (χ0v) is 10.5. The van der Waals surface area contributed by atoms with Crippen LogP contribution >= 0.6 is 0 Å². The van der Waals surface area contributed by atoms with E-state index in [2.05, 4.69) is 15.1 Å². The molecule has 0 unspecified atom stereocenters. The van der Waals surface area contributed by atoms with Gasteiger partial charge in [-0.3, -0.25) is 0 Å². The molecule has 0 saturated carbocycles. The number of ether oxygens (including phenoxy) is 1. The van der Waals surface area contributed by atoms with Crippen molar-refractivity contribution >= 4 is 11.7 Å². The van der Waals surface area contributed by atoms with E-state index < -0.39 is 5.97 Å². The van der Waals surface area contributed by atoms with Gasteiger partial charge in [0.05, 0.1) is 5.56 Å². The Labute approximate surface area is 113 Å². The number of carboxylic acid groups (broad SMARTS) is 1. The summed E-state index contributed by atoms with van der Waals surface area (Å²) in [6.45, 7) is 1.83. The van der Waals surface area contributed by atoms with Crippen LogP contribution in [0.5, 0.6) is 11.6 Å². The predicted octanol–water partition coefficient (Wildman–Crippen LogP) is 1.92. The van der Waals surface area contributed by atoms with E-state index in [1.54, 1.807) is 18.2 Å². The second kappa shape index (κ2) is 4.61. The van der Waals surface area contributed by atoms with E-state index in [9.17, 15) is 4.79 Å². The Morgan fingerprint density at radius 2 is 2.05 bits per heavy atom. The van der Waals surface area contributed by atoms with E-state index in [1.807, 2.05) is 6.92 Å². The summed E-state index contributed by atoms with van der Waals surface area (Å²) in [4.78, 5) is 19.0. The second-order valence-electron chi connectivity index (χ2n) is 4.14. The molecule has 0 bridgehead atoms. The molecule has 0 spiro atoms. The average molecular weight is 270 g/mol. The molecule has 0 atom stereocenters. The van der Waals surface area contributed by atoms with Crippen LogP contribution in [-0.4, -0.2) is 30.7 Å². The first-order chi connectivity index (χ1) is 9.63. The number of rotatable bonds is 3.